The van der Waals surface area contributed by atoms with Crippen molar-refractivity contribution in [3.63, 3.8) is 0 Å². The van der Waals surface area contributed by atoms with Gasteiger partial charge in [-0.05, 0) is 18.2 Å². The van der Waals surface area contributed by atoms with Crippen molar-refractivity contribution in [2.24, 2.45) is 0 Å². The zero-order chi connectivity index (χ0) is 14.8. The summed E-state index contributed by atoms with van der Waals surface area (Å²) in [4.78, 5) is 0. The molecule has 0 aliphatic rings. The summed E-state index contributed by atoms with van der Waals surface area (Å²) in [6.07, 6.45) is -1.02. The van der Waals surface area contributed by atoms with Gasteiger partial charge in [-0.15, -0.1) is 11.3 Å². The van der Waals surface area contributed by atoms with Crippen LogP contribution in [-0.4, -0.2) is 20.1 Å². The molecule has 0 bridgehead atoms. The first-order valence-corrected chi connectivity index (χ1v) is 8.63. The minimum Gasteiger partial charge on any atom is -0.387 e. The number of benzene rings is 1. The first-order chi connectivity index (χ1) is 9.40. The van der Waals surface area contributed by atoms with Crippen LogP contribution in [0, 0.1) is 0 Å². The van der Waals surface area contributed by atoms with E-state index in [2.05, 4.69) is 4.72 Å². The average molecular weight is 352 g/mol. The number of sulfonamides is 1. The summed E-state index contributed by atoms with van der Waals surface area (Å²) in [6.45, 7) is -0.165. The summed E-state index contributed by atoms with van der Waals surface area (Å²) in [6, 6.07) is 9.65. The lowest BCUT2D eigenvalue weighted by Gasteiger charge is -2.13. The Morgan fingerprint density at radius 1 is 1.20 bits per heavy atom. The summed E-state index contributed by atoms with van der Waals surface area (Å²) >= 11 is 12.6. The number of aliphatic hydroxyl groups is 1. The Morgan fingerprint density at radius 3 is 2.50 bits per heavy atom. The van der Waals surface area contributed by atoms with Gasteiger partial charge in [0.15, 0.2) is 0 Å². The first kappa shape index (κ1) is 15.8. The van der Waals surface area contributed by atoms with Gasteiger partial charge in [0.05, 0.1) is 10.4 Å². The largest absolute Gasteiger partial charge is 0.387 e. The van der Waals surface area contributed by atoms with E-state index in [1.54, 1.807) is 24.3 Å². The van der Waals surface area contributed by atoms with Gasteiger partial charge in [0.25, 0.3) is 0 Å². The van der Waals surface area contributed by atoms with Gasteiger partial charge in [-0.2, -0.15) is 0 Å². The van der Waals surface area contributed by atoms with Crippen LogP contribution in [0.1, 0.15) is 11.7 Å². The maximum Gasteiger partial charge on any atom is 0.250 e. The molecule has 108 valence electrons. The summed E-state index contributed by atoms with van der Waals surface area (Å²) in [7, 11) is -3.67. The van der Waals surface area contributed by atoms with Gasteiger partial charge in [0.1, 0.15) is 4.21 Å². The van der Waals surface area contributed by atoms with E-state index in [9.17, 15) is 13.5 Å². The minimum atomic E-state index is -3.67. The van der Waals surface area contributed by atoms with Gasteiger partial charge in [0.2, 0.25) is 10.0 Å². The van der Waals surface area contributed by atoms with Gasteiger partial charge in [-0.3, -0.25) is 0 Å². The molecule has 2 N–H and O–H groups in total. The van der Waals surface area contributed by atoms with Crippen molar-refractivity contribution < 1.29 is 13.5 Å². The second-order valence-corrected chi connectivity index (χ2v) is 8.06. The fourth-order valence-electron chi connectivity index (χ4n) is 1.56. The zero-order valence-corrected chi connectivity index (χ0v) is 13.2. The first-order valence-electron chi connectivity index (χ1n) is 5.57. The van der Waals surface area contributed by atoms with E-state index in [4.69, 9.17) is 23.2 Å². The molecule has 2 aromatic rings. The Balaban J connectivity index is 2.07. The van der Waals surface area contributed by atoms with Crippen molar-refractivity contribution in [1.29, 1.82) is 0 Å². The predicted octanol–water partition coefficient (Wildman–Crippen LogP) is 3.07. The quantitative estimate of drug-likeness (QED) is 0.869. The Bertz CT molecular complexity index is 700. The molecule has 20 heavy (non-hydrogen) atoms. The summed E-state index contributed by atoms with van der Waals surface area (Å²) in [5, 5.41) is 10.4. The second-order valence-electron chi connectivity index (χ2n) is 3.95. The van der Waals surface area contributed by atoms with Gasteiger partial charge in [-0.25, -0.2) is 13.1 Å². The van der Waals surface area contributed by atoms with Crippen LogP contribution in [0.4, 0.5) is 0 Å². The summed E-state index contributed by atoms with van der Waals surface area (Å²) in [5.41, 5.74) is 0.473. The van der Waals surface area contributed by atoms with Crippen molar-refractivity contribution >= 4 is 44.6 Å². The topological polar surface area (TPSA) is 66.4 Å². The molecule has 0 aliphatic heterocycles. The van der Waals surface area contributed by atoms with Crippen LogP contribution in [0.5, 0.6) is 0 Å². The molecule has 0 aliphatic carbocycles. The monoisotopic (exact) mass is 351 g/mol. The van der Waals surface area contributed by atoms with Gasteiger partial charge in [0, 0.05) is 17.1 Å². The summed E-state index contributed by atoms with van der Waals surface area (Å²) < 4.78 is 26.7. The number of rotatable bonds is 5. The summed E-state index contributed by atoms with van der Waals surface area (Å²) in [5.74, 6) is 0. The smallest absolute Gasteiger partial charge is 0.250 e. The molecule has 0 amide bonds. The third-order valence-electron chi connectivity index (χ3n) is 2.54. The third kappa shape index (κ3) is 3.72. The number of hydrogen-bond acceptors (Lipinski definition) is 4. The van der Waals surface area contributed by atoms with Crippen molar-refractivity contribution in [2.45, 2.75) is 10.3 Å². The highest BCUT2D eigenvalue weighted by molar-refractivity contribution is 7.91. The van der Waals surface area contributed by atoms with E-state index < -0.39 is 16.1 Å². The Morgan fingerprint density at radius 2 is 1.90 bits per heavy atom. The highest BCUT2D eigenvalue weighted by Gasteiger charge is 2.19. The molecule has 0 spiro atoms. The van der Waals surface area contributed by atoms with Crippen LogP contribution in [0.25, 0.3) is 0 Å². The molecule has 1 heterocycles. The van der Waals surface area contributed by atoms with Crippen molar-refractivity contribution in [3.8, 4) is 0 Å². The standard InChI is InChI=1S/C12H11Cl2NO3S2/c13-9-4-2-1-3-8(9)10(16)7-15-20(17,18)12-6-5-11(14)19-12/h1-6,10,15-16H,7H2. The number of aliphatic hydroxyl groups excluding tert-OH is 1. The average Bonchev–Trinajstić information content (AvgIpc) is 2.84. The van der Waals surface area contributed by atoms with E-state index in [0.717, 1.165) is 11.3 Å². The molecular formula is C12H11Cl2NO3S2. The normalized spacial score (nSPS) is 13.3. The van der Waals surface area contributed by atoms with Crippen LogP contribution >= 0.6 is 34.5 Å². The van der Waals surface area contributed by atoms with Crippen molar-refractivity contribution in [1.82, 2.24) is 4.72 Å². The Hall–Kier alpha value is -0.630. The van der Waals surface area contributed by atoms with Gasteiger partial charge >= 0.3 is 0 Å². The SMILES string of the molecule is O=S(=O)(NCC(O)c1ccccc1Cl)c1ccc(Cl)s1. The van der Waals surface area contributed by atoms with Crippen LogP contribution in [-0.2, 0) is 10.0 Å². The molecule has 0 saturated heterocycles. The van der Waals surface area contributed by atoms with Gasteiger partial charge in [-0.1, -0.05) is 41.4 Å². The van der Waals surface area contributed by atoms with Crippen LogP contribution in [0.2, 0.25) is 9.36 Å². The van der Waals surface area contributed by atoms with Crippen LogP contribution < -0.4 is 4.72 Å². The Labute approximate surface area is 131 Å². The minimum absolute atomic E-state index is 0.105. The second kappa shape index (κ2) is 6.43. The molecule has 0 saturated carbocycles. The molecule has 0 radical (unpaired) electrons. The number of hydrogen-bond donors (Lipinski definition) is 2. The maximum atomic E-state index is 12.0. The van der Waals surface area contributed by atoms with E-state index in [1.165, 1.54) is 12.1 Å². The van der Waals surface area contributed by atoms with E-state index >= 15 is 0 Å². The van der Waals surface area contributed by atoms with E-state index in [0.29, 0.717) is 14.9 Å². The molecule has 2 rings (SSSR count). The fourth-order valence-corrected chi connectivity index (χ4v) is 4.38. The fraction of sp³-hybridized carbons (Fsp3) is 0.167. The third-order valence-corrected chi connectivity index (χ3v) is 6.04. The number of nitrogens with one attached hydrogen (secondary N) is 1. The van der Waals surface area contributed by atoms with Crippen LogP contribution in [0.15, 0.2) is 40.6 Å². The van der Waals surface area contributed by atoms with E-state index in [1.807, 2.05) is 0 Å². The lowest BCUT2D eigenvalue weighted by atomic mass is 10.1. The molecule has 8 heteroatoms. The zero-order valence-electron chi connectivity index (χ0n) is 10.1. The molecule has 1 atom stereocenters. The molecular weight excluding hydrogens is 341 g/mol. The van der Waals surface area contributed by atoms with Crippen LogP contribution in [0.3, 0.4) is 0 Å². The van der Waals surface area contributed by atoms with Crippen molar-refractivity contribution in [2.75, 3.05) is 6.54 Å². The number of thiophene rings is 1. The lowest BCUT2D eigenvalue weighted by molar-refractivity contribution is 0.182. The Kier molecular flexibility index (Phi) is 5.06. The predicted molar refractivity (Wildman–Crippen MR) is 80.9 cm³/mol. The highest BCUT2D eigenvalue weighted by Crippen LogP contribution is 2.26. The maximum absolute atomic E-state index is 12.0. The van der Waals surface area contributed by atoms with E-state index in [-0.39, 0.29) is 10.8 Å². The highest BCUT2D eigenvalue weighted by atomic mass is 35.5. The molecule has 4 nitrogen and oxygen atoms in total. The molecule has 1 aromatic carbocycles. The van der Waals surface area contributed by atoms with Crippen molar-refractivity contribution in [3.05, 3.63) is 51.3 Å². The lowest BCUT2D eigenvalue weighted by Crippen LogP contribution is -2.28. The molecule has 0 fully saturated rings. The van der Waals surface area contributed by atoms with Gasteiger partial charge < -0.3 is 5.11 Å². The number of halogens is 2. The molecule has 1 aromatic heterocycles. The molecule has 1 unspecified atom stereocenters.